The zero-order valence-corrected chi connectivity index (χ0v) is 19.7. The Hall–Kier alpha value is -2.71. The predicted molar refractivity (Wildman–Crippen MR) is 123 cm³/mol. The number of anilines is 1. The number of hydrogen-bond donors (Lipinski definition) is 1. The van der Waals surface area contributed by atoms with Crippen molar-refractivity contribution in [2.24, 2.45) is 0 Å². The van der Waals surface area contributed by atoms with Crippen molar-refractivity contribution in [1.29, 1.82) is 0 Å². The van der Waals surface area contributed by atoms with E-state index >= 15 is 0 Å². The number of ether oxygens (including phenoxy) is 1. The van der Waals surface area contributed by atoms with E-state index in [2.05, 4.69) is 5.32 Å². The van der Waals surface area contributed by atoms with Gasteiger partial charge in [-0.05, 0) is 89.1 Å². The molecule has 1 N–H and O–H groups in total. The number of carbonyl (C=O) groups is 2. The van der Waals surface area contributed by atoms with E-state index in [4.69, 9.17) is 4.74 Å². The van der Waals surface area contributed by atoms with E-state index in [9.17, 15) is 18.0 Å². The van der Waals surface area contributed by atoms with Crippen LogP contribution in [0, 0.1) is 0 Å². The molecule has 3 unspecified atom stereocenters. The summed E-state index contributed by atoms with van der Waals surface area (Å²) in [6, 6.07) is 12.7. The molecule has 1 fully saturated rings. The van der Waals surface area contributed by atoms with Crippen LogP contribution in [-0.4, -0.2) is 42.6 Å². The molecule has 1 saturated heterocycles. The Morgan fingerprint density at radius 2 is 1.56 bits per heavy atom. The largest absolute Gasteiger partial charge is 0.481 e. The second-order valence-electron chi connectivity index (χ2n) is 8.32. The van der Waals surface area contributed by atoms with Crippen LogP contribution in [0.3, 0.4) is 0 Å². The molecule has 0 aromatic heterocycles. The summed E-state index contributed by atoms with van der Waals surface area (Å²) in [6.07, 6.45) is 1.96. The van der Waals surface area contributed by atoms with Gasteiger partial charge in [0, 0.05) is 23.3 Å². The normalized spacial score (nSPS) is 20.4. The zero-order chi connectivity index (χ0) is 23.5. The minimum Gasteiger partial charge on any atom is -0.481 e. The Bertz CT molecular complexity index is 1050. The summed E-state index contributed by atoms with van der Waals surface area (Å²) in [7, 11) is -3.60. The van der Waals surface area contributed by atoms with Crippen molar-refractivity contribution in [2.45, 2.75) is 70.0 Å². The average Bonchev–Trinajstić information content (AvgIpc) is 2.74. The molecule has 172 valence electrons. The number of benzene rings is 2. The summed E-state index contributed by atoms with van der Waals surface area (Å²) in [6.45, 7) is 6.98. The number of amides is 1. The van der Waals surface area contributed by atoms with Gasteiger partial charge >= 0.3 is 0 Å². The minimum atomic E-state index is -3.60. The third kappa shape index (κ3) is 5.37. The molecule has 3 rings (SSSR count). The highest BCUT2D eigenvalue weighted by Gasteiger charge is 2.35. The van der Waals surface area contributed by atoms with Crippen molar-refractivity contribution >= 4 is 27.4 Å². The molecule has 8 heteroatoms. The smallest absolute Gasteiger partial charge is 0.265 e. The first-order valence-electron chi connectivity index (χ1n) is 10.8. The summed E-state index contributed by atoms with van der Waals surface area (Å²) in [5.74, 6) is 0.0652. The van der Waals surface area contributed by atoms with E-state index in [0.29, 0.717) is 17.0 Å². The van der Waals surface area contributed by atoms with Crippen molar-refractivity contribution in [3.63, 3.8) is 0 Å². The van der Waals surface area contributed by atoms with Crippen LogP contribution >= 0.6 is 0 Å². The van der Waals surface area contributed by atoms with Gasteiger partial charge in [-0.25, -0.2) is 8.42 Å². The van der Waals surface area contributed by atoms with Crippen LogP contribution < -0.4 is 10.1 Å². The molecule has 32 heavy (non-hydrogen) atoms. The average molecular weight is 459 g/mol. The Kier molecular flexibility index (Phi) is 7.36. The lowest BCUT2D eigenvalue weighted by Gasteiger charge is -2.37. The van der Waals surface area contributed by atoms with E-state index in [1.807, 2.05) is 13.8 Å². The van der Waals surface area contributed by atoms with E-state index < -0.39 is 16.1 Å². The Morgan fingerprint density at radius 3 is 2.09 bits per heavy atom. The Labute approximate surface area is 189 Å². The molecule has 0 radical (unpaired) electrons. The van der Waals surface area contributed by atoms with Gasteiger partial charge in [-0.3, -0.25) is 9.59 Å². The van der Waals surface area contributed by atoms with Crippen LogP contribution in [0.1, 0.15) is 57.3 Å². The number of nitrogens with zero attached hydrogens (tertiary/aromatic N) is 1. The molecule has 0 bridgehead atoms. The summed E-state index contributed by atoms with van der Waals surface area (Å²) in [5.41, 5.74) is 1.05. The number of ketones is 1. The first-order valence-corrected chi connectivity index (χ1v) is 12.3. The van der Waals surface area contributed by atoms with Crippen LogP contribution in [0.25, 0.3) is 0 Å². The molecule has 0 saturated carbocycles. The molecular weight excluding hydrogens is 428 g/mol. The summed E-state index contributed by atoms with van der Waals surface area (Å²) < 4.78 is 33.5. The van der Waals surface area contributed by atoms with Gasteiger partial charge in [0.15, 0.2) is 11.9 Å². The zero-order valence-electron chi connectivity index (χ0n) is 18.9. The second-order valence-corrected chi connectivity index (χ2v) is 10.2. The molecule has 0 aliphatic carbocycles. The van der Waals surface area contributed by atoms with Crippen molar-refractivity contribution in [1.82, 2.24) is 4.31 Å². The number of Topliss-reactive ketones (excluding diaryl/α,β-unsaturated/α-hetero) is 1. The van der Waals surface area contributed by atoms with Crippen molar-refractivity contribution in [3.05, 3.63) is 54.1 Å². The third-order valence-corrected chi connectivity index (χ3v) is 7.90. The monoisotopic (exact) mass is 458 g/mol. The van der Waals surface area contributed by atoms with Crippen LogP contribution in [0.15, 0.2) is 53.4 Å². The Morgan fingerprint density at radius 1 is 1.00 bits per heavy atom. The van der Waals surface area contributed by atoms with Gasteiger partial charge in [0.05, 0.1) is 4.90 Å². The van der Waals surface area contributed by atoms with Crippen LogP contribution in [-0.2, 0) is 14.8 Å². The van der Waals surface area contributed by atoms with Crippen molar-refractivity contribution in [3.8, 4) is 5.75 Å². The highest BCUT2D eigenvalue weighted by molar-refractivity contribution is 7.89. The lowest BCUT2D eigenvalue weighted by Crippen LogP contribution is -2.47. The lowest BCUT2D eigenvalue weighted by atomic mass is 10.0. The minimum absolute atomic E-state index is 0.0364. The standard InChI is InChI=1S/C24H30N2O5S/c1-16-6-5-7-17(2)26(16)32(29,30)23-14-10-21(11-15-23)25-24(28)19(4)31-22-12-8-20(9-13-22)18(3)27/h8-17,19H,5-7H2,1-4H3,(H,25,28). The van der Waals surface area contributed by atoms with Gasteiger partial charge in [-0.15, -0.1) is 0 Å². The Balaban J connectivity index is 1.64. The van der Waals surface area contributed by atoms with Gasteiger partial charge in [0.2, 0.25) is 10.0 Å². The summed E-state index contributed by atoms with van der Waals surface area (Å²) in [5, 5.41) is 2.74. The molecular formula is C24H30N2O5S. The second kappa shape index (κ2) is 9.83. The predicted octanol–water partition coefficient (Wildman–Crippen LogP) is 4.25. The molecule has 1 aliphatic heterocycles. The van der Waals surface area contributed by atoms with Crippen LogP contribution in [0.2, 0.25) is 0 Å². The molecule has 1 amide bonds. The van der Waals surface area contributed by atoms with Crippen molar-refractivity contribution < 1.29 is 22.7 Å². The third-order valence-electron chi connectivity index (χ3n) is 5.75. The number of hydrogen-bond acceptors (Lipinski definition) is 5. The number of piperidine rings is 1. The highest BCUT2D eigenvalue weighted by atomic mass is 32.2. The number of sulfonamides is 1. The molecule has 7 nitrogen and oxygen atoms in total. The SMILES string of the molecule is CC(=O)c1ccc(OC(C)C(=O)Nc2ccc(S(=O)(=O)N3C(C)CCCC3C)cc2)cc1. The van der Waals surface area contributed by atoms with Crippen LogP contribution in [0.4, 0.5) is 5.69 Å². The highest BCUT2D eigenvalue weighted by Crippen LogP contribution is 2.30. The van der Waals surface area contributed by atoms with E-state index in [0.717, 1.165) is 19.3 Å². The van der Waals surface area contributed by atoms with Crippen LogP contribution in [0.5, 0.6) is 5.75 Å². The summed E-state index contributed by atoms with van der Waals surface area (Å²) >= 11 is 0. The van der Waals surface area contributed by atoms with E-state index in [1.165, 1.54) is 19.1 Å². The van der Waals surface area contributed by atoms with E-state index in [-0.39, 0.29) is 28.7 Å². The van der Waals surface area contributed by atoms with Gasteiger partial charge in [-0.2, -0.15) is 4.31 Å². The number of rotatable bonds is 7. The van der Waals surface area contributed by atoms with Gasteiger partial charge in [0.1, 0.15) is 5.75 Å². The first-order chi connectivity index (χ1) is 15.1. The van der Waals surface area contributed by atoms with Gasteiger partial charge < -0.3 is 10.1 Å². The number of carbonyl (C=O) groups excluding carboxylic acids is 2. The van der Waals surface area contributed by atoms with Gasteiger partial charge in [-0.1, -0.05) is 6.42 Å². The van der Waals surface area contributed by atoms with Crippen molar-refractivity contribution in [2.75, 3.05) is 5.32 Å². The first kappa shape index (κ1) is 23.9. The quantitative estimate of drug-likeness (QED) is 0.626. The molecule has 2 aromatic carbocycles. The molecule has 1 heterocycles. The molecule has 0 spiro atoms. The molecule has 3 atom stereocenters. The fourth-order valence-electron chi connectivity index (χ4n) is 3.97. The maximum absolute atomic E-state index is 13.1. The summed E-state index contributed by atoms with van der Waals surface area (Å²) in [4.78, 5) is 24.1. The fourth-order valence-corrected chi connectivity index (χ4v) is 5.85. The lowest BCUT2D eigenvalue weighted by molar-refractivity contribution is -0.122. The number of nitrogens with one attached hydrogen (secondary N) is 1. The topological polar surface area (TPSA) is 92.8 Å². The molecule has 1 aliphatic rings. The maximum Gasteiger partial charge on any atom is 0.265 e. The van der Waals surface area contributed by atoms with E-state index in [1.54, 1.807) is 47.6 Å². The maximum atomic E-state index is 13.1. The van der Waals surface area contributed by atoms with Gasteiger partial charge in [0.25, 0.3) is 5.91 Å². The molecule has 2 aromatic rings. The fraction of sp³-hybridized carbons (Fsp3) is 0.417.